The van der Waals surface area contributed by atoms with E-state index in [-0.39, 0.29) is 29.0 Å². The lowest BCUT2D eigenvalue weighted by Crippen LogP contribution is -2.35. The van der Waals surface area contributed by atoms with Crippen LogP contribution in [-0.2, 0) is 26.0 Å². The molecule has 1 atom stereocenters. The Morgan fingerprint density at radius 3 is 2.61 bits per heavy atom. The highest BCUT2D eigenvalue weighted by Gasteiger charge is 2.36. The van der Waals surface area contributed by atoms with Crippen LogP contribution in [0.4, 0.5) is 5.69 Å². The van der Waals surface area contributed by atoms with E-state index in [4.69, 9.17) is 4.74 Å². The van der Waals surface area contributed by atoms with E-state index in [1.807, 2.05) is 25.1 Å². The molecule has 1 heterocycles. The smallest absolute Gasteiger partial charge is 0.338 e. The predicted octanol–water partition coefficient (Wildman–Crippen LogP) is 3.68. The number of fused-ring (bicyclic) bond motifs is 1. The first-order valence-electron chi connectivity index (χ1n) is 11.5. The molecule has 0 spiro atoms. The Hall–Kier alpha value is -2.87. The molecule has 1 amide bonds. The third kappa shape index (κ3) is 5.21. The maximum absolute atomic E-state index is 13.4. The van der Waals surface area contributed by atoms with Crippen molar-refractivity contribution in [1.29, 1.82) is 0 Å². The van der Waals surface area contributed by atoms with Crippen LogP contribution in [0.1, 0.15) is 54.9 Å². The summed E-state index contributed by atoms with van der Waals surface area (Å²) in [7, 11) is -3.86. The Morgan fingerprint density at radius 1 is 1.06 bits per heavy atom. The highest BCUT2D eigenvalue weighted by Crippen LogP contribution is 2.36. The van der Waals surface area contributed by atoms with Crippen LogP contribution < -0.4 is 9.62 Å². The van der Waals surface area contributed by atoms with Crippen LogP contribution in [0.25, 0.3) is 0 Å². The van der Waals surface area contributed by atoms with Crippen molar-refractivity contribution in [2.75, 3.05) is 17.5 Å². The fourth-order valence-electron chi connectivity index (χ4n) is 4.72. The first kappa shape index (κ1) is 23.3. The summed E-state index contributed by atoms with van der Waals surface area (Å²) in [6.07, 6.45) is 6.49. The van der Waals surface area contributed by atoms with E-state index >= 15 is 0 Å². The van der Waals surface area contributed by atoms with Gasteiger partial charge in [0, 0.05) is 12.6 Å². The van der Waals surface area contributed by atoms with Gasteiger partial charge in [0.15, 0.2) is 6.61 Å². The summed E-state index contributed by atoms with van der Waals surface area (Å²) in [6.45, 7) is 2.07. The summed E-state index contributed by atoms with van der Waals surface area (Å²) in [5.41, 5.74) is 1.73. The second kappa shape index (κ2) is 9.95. The van der Waals surface area contributed by atoms with Crippen molar-refractivity contribution in [3.63, 3.8) is 0 Å². The minimum Gasteiger partial charge on any atom is -0.452 e. The number of ether oxygens (including phenoxy) is 1. The van der Waals surface area contributed by atoms with Gasteiger partial charge in [0.2, 0.25) is 0 Å². The van der Waals surface area contributed by atoms with Crippen LogP contribution in [0.3, 0.4) is 0 Å². The Kier molecular flexibility index (Phi) is 7.02. The number of para-hydroxylation sites is 1. The maximum atomic E-state index is 13.4. The number of carbonyl (C=O) groups excluding carboxylic acids is 2. The zero-order valence-electron chi connectivity index (χ0n) is 18.8. The number of sulfonamides is 1. The van der Waals surface area contributed by atoms with E-state index in [1.165, 1.54) is 47.8 Å². The number of amides is 1. The molecule has 4 rings (SSSR count). The summed E-state index contributed by atoms with van der Waals surface area (Å²) in [5.74, 6) is -0.590. The molecule has 33 heavy (non-hydrogen) atoms. The van der Waals surface area contributed by atoms with Gasteiger partial charge in [-0.1, -0.05) is 43.5 Å². The molecule has 0 radical (unpaired) electrons. The third-order valence-electron chi connectivity index (χ3n) is 6.42. The van der Waals surface area contributed by atoms with Crippen LogP contribution in [-0.4, -0.2) is 39.5 Å². The van der Waals surface area contributed by atoms with Gasteiger partial charge in [-0.15, -0.1) is 0 Å². The van der Waals surface area contributed by atoms with Crippen LogP contribution in [0.2, 0.25) is 0 Å². The van der Waals surface area contributed by atoms with E-state index in [1.54, 1.807) is 6.07 Å². The molecule has 0 aromatic heterocycles. The predicted molar refractivity (Wildman–Crippen MR) is 126 cm³/mol. The number of rotatable bonds is 7. The molecular formula is C25H30N2O5S. The van der Waals surface area contributed by atoms with Gasteiger partial charge < -0.3 is 10.1 Å². The molecule has 2 aromatic carbocycles. The van der Waals surface area contributed by atoms with Gasteiger partial charge in [-0.3, -0.25) is 9.10 Å². The van der Waals surface area contributed by atoms with Crippen molar-refractivity contribution in [3.8, 4) is 0 Å². The molecule has 1 fully saturated rings. The van der Waals surface area contributed by atoms with E-state index < -0.39 is 16.0 Å². The second-order valence-corrected chi connectivity index (χ2v) is 10.7. The van der Waals surface area contributed by atoms with Gasteiger partial charge in [0.1, 0.15) is 0 Å². The number of benzene rings is 2. The van der Waals surface area contributed by atoms with Gasteiger partial charge in [-0.05, 0) is 61.9 Å². The van der Waals surface area contributed by atoms with Crippen molar-refractivity contribution in [2.24, 2.45) is 5.92 Å². The number of esters is 1. The Bertz CT molecular complexity index is 1130. The van der Waals surface area contributed by atoms with Gasteiger partial charge >= 0.3 is 5.97 Å². The lowest BCUT2D eigenvalue weighted by molar-refractivity contribution is -0.124. The molecule has 0 saturated heterocycles. The molecule has 8 heteroatoms. The number of hydrogen-bond donors (Lipinski definition) is 1. The molecule has 7 nitrogen and oxygen atoms in total. The number of nitrogens with one attached hydrogen (secondary N) is 1. The molecule has 1 N–H and O–H groups in total. The number of anilines is 1. The van der Waals surface area contributed by atoms with Crippen LogP contribution in [0, 0.1) is 5.92 Å². The highest BCUT2D eigenvalue weighted by atomic mass is 32.2. The fraction of sp³-hybridized carbons (Fsp3) is 0.440. The fourth-order valence-corrected chi connectivity index (χ4v) is 6.45. The summed E-state index contributed by atoms with van der Waals surface area (Å²) < 4.78 is 33.3. The van der Waals surface area contributed by atoms with E-state index in [2.05, 4.69) is 5.32 Å². The number of nitrogens with zero attached hydrogens (tertiary/aromatic N) is 1. The minimum absolute atomic E-state index is 0.0160. The third-order valence-corrected chi connectivity index (χ3v) is 8.34. The normalized spacial score (nSPS) is 18.6. The van der Waals surface area contributed by atoms with E-state index in [0.29, 0.717) is 24.6 Å². The largest absolute Gasteiger partial charge is 0.452 e. The van der Waals surface area contributed by atoms with Crippen molar-refractivity contribution in [1.82, 2.24) is 5.32 Å². The summed E-state index contributed by atoms with van der Waals surface area (Å²) in [6, 6.07) is 13.0. The Balaban J connectivity index is 1.40. The van der Waals surface area contributed by atoms with Gasteiger partial charge in [-0.25, -0.2) is 13.2 Å². The van der Waals surface area contributed by atoms with Gasteiger partial charge in [0.05, 0.1) is 16.1 Å². The minimum atomic E-state index is -3.86. The molecule has 2 aliphatic rings. The lowest BCUT2D eigenvalue weighted by atomic mass is 9.89. The molecule has 0 unspecified atom stereocenters. The van der Waals surface area contributed by atoms with Crippen molar-refractivity contribution in [2.45, 2.75) is 56.4 Å². The summed E-state index contributed by atoms with van der Waals surface area (Å²) >= 11 is 0. The van der Waals surface area contributed by atoms with Gasteiger partial charge in [-0.2, -0.15) is 0 Å². The van der Waals surface area contributed by atoms with E-state index in [9.17, 15) is 18.0 Å². The Labute approximate surface area is 195 Å². The van der Waals surface area contributed by atoms with Crippen LogP contribution in [0.15, 0.2) is 53.4 Å². The molecule has 2 aromatic rings. The average molecular weight is 471 g/mol. The lowest BCUT2D eigenvalue weighted by Gasteiger charge is -2.24. The van der Waals surface area contributed by atoms with Crippen molar-refractivity contribution < 1.29 is 22.7 Å². The summed E-state index contributed by atoms with van der Waals surface area (Å²) in [4.78, 5) is 24.6. The SMILES string of the molecule is C[C@@H]1Cc2ccccc2N1S(=O)(=O)c1cccc(C(=O)OCC(=O)NCC2CCCCC2)c1. The highest BCUT2D eigenvalue weighted by molar-refractivity contribution is 7.92. The number of hydrogen-bond acceptors (Lipinski definition) is 5. The zero-order valence-corrected chi connectivity index (χ0v) is 19.6. The van der Waals surface area contributed by atoms with Crippen LogP contribution >= 0.6 is 0 Å². The van der Waals surface area contributed by atoms with Crippen molar-refractivity contribution >= 4 is 27.6 Å². The zero-order chi connectivity index (χ0) is 23.4. The quantitative estimate of drug-likeness (QED) is 0.623. The first-order valence-corrected chi connectivity index (χ1v) is 13.0. The van der Waals surface area contributed by atoms with Crippen molar-refractivity contribution in [3.05, 3.63) is 59.7 Å². The molecule has 1 aliphatic heterocycles. The molecule has 1 aliphatic carbocycles. The first-order chi connectivity index (χ1) is 15.9. The Morgan fingerprint density at radius 2 is 1.82 bits per heavy atom. The molecule has 176 valence electrons. The molecule has 1 saturated carbocycles. The second-order valence-electron chi connectivity index (χ2n) is 8.89. The average Bonchev–Trinajstić information content (AvgIpc) is 3.18. The number of carbonyl (C=O) groups is 2. The summed E-state index contributed by atoms with van der Waals surface area (Å²) in [5, 5.41) is 2.83. The van der Waals surface area contributed by atoms with E-state index in [0.717, 1.165) is 18.4 Å². The monoisotopic (exact) mass is 470 g/mol. The van der Waals surface area contributed by atoms with Crippen LogP contribution in [0.5, 0.6) is 0 Å². The molecular weight excluding hydrogens is 440 g/mol. The standard InChI is InChI=1S/C25H30N2O5S/c1-18-14-20-10-5-6-13-23(20)27(18)33(30,31)22-12-7-11-21(15-22)25(29)32-17-24(28)26-16-19-8-3-2-4-9-19/h5-7,10-13,15,18-19H,2-4,8-9,14,16-17H2,1H3,(H,26,28)/t18-/m1/s1. The van der Waals surface area contributed by atoms with Gasteiger partial charge in [0.25, 0.3) is 15.9 Å². The maximum Gasteiger partial charge on any atom is 0.338 e. The molecule has 0 bridgehead atoms. The topological polar surface area (TPSA) is 92.8 Å².